The van der Waals surface area contributed by atoms with Gasteiger partial charge in [-0.3, -0.25) is 0 Å². The number of hydrogen-bond donors (Lipinski definition) is 0. The number of hydrogen-bond acceptors (Lipinski definition) is 6. The van der Waals surface area contributed by atoms with E-state index in [4.69, 9.17) is 23.4 Å². The summed E-state index contributed by atoms with van der Waals surface area (Å²) in [7, 11) is -1.46. The van der Waals surface area contributed by atoms with Gasteiger partial charge < -0.3 is 23.4 Å². The summed E-state index contributed by atoms with van der Waals surface area (Å²) >= 11 is 0. The van der Waals surface area contributed by atoms with Gasteiger partial charge in [-0.2, -0.15) is 0 Å². The average molecular weight is 559 g/mol. The Kier molecular flexibility index (Phi) is 8.06. The highest BCUT2D eigenvalue weighted by Gasteiger charge is 2.56. The van der Waals surface area contributed by atoms with Gasteiger partial charge in [0.1, 0.15) is 12.2 Å². The van der Waals surface area contributed by atoms with Crippen LogP contribution in [0.1, 0.15) is 33.6 Å². The summed E-state index contributed by atoms with van der Waals surface area (Å²) in [5, 5.41) is 2.33. The fourth-order valence-electron chi connectivity index (χ4n) is 6.15. The lowest BCUT2D eigenvalue weighted by Crippen LogP contribution is -2.68. The molecule has 1 aliphatic carbocycles. The van der Waals surface area contributed by atoms with Gasteiger partial charge in [0.15, 0.2) is 18.1 Å². The van der Waals surface area contributed by atoms with E-state index in [2.05, 4.69) is 88.0 Å². The normalized spacial score (nSPS) is 21.8. The zero-order valence-electron chi connectivity index (χ0n) is 23.7. The molecular weight excluding hydrogens is 520 g/mol. The minimum absolute atomic E-state index is 0.0527. The number of rotatable bonds is 9. The molecule has 1 aliphatic heterocycles. The van der Waals surface area contributed by atoms with E-state index in [1.807, 2.05) is 18.2 Å². The third-order valence-electron chi connectivity index (χ3n) is 7.96. The van der Waals surface area contributed by atoms with Crippen molar-refractivity contribution in [3.05, 3.63) is 91.5 Å². The minimum Gasteiger partial charge on any atom is -0.482 e. The van der Waals surface area contributed by atoms with Crippen LogP contribution in [0.25, 0.3) is 0 Å². The van der Waals surface area contributed by atoms with Crippen LogP contribution in [0.5, 0.6) is 17.2 Å². The molecular formula is C33H38O6Si. The molecule has 0 bridgehead atoms. The number of carbonyl (C=O) groups excluding carboxylic acids is 1. The van der Waals surface area contributed by atoms with E-state index in [0.717, 1.165) is 6.42 Å². The highest BCUT2D eigenvalue weighted by molar-refractivity contribution is 6.99. The molecule has 0 unspecified atom stereocenters. The van der Waals surface area contributed by atoms with Gasteiger partial charge in [0.05, 0.1) is 13.2 Å². The summed E-state index contributed by atoms with van der Waals surface area (Å²) < 4.78 is 31.2. The smallest absolute Gasteiger partial charge is 0.343 e. The lowest BCUT2D eigenvalue weighted by Gasteiger charge is -2.45. The van der Waals surface area contributed by atoms with E-state index in [1.165, 1.54) is 17.5 Å². The van der Waals surface area contributed by atoms with Crippen LogP contribution in [0, 0.1) is 5.92 Å². The quantitative estimate of drug-likeness (QED) is 0.202. The van der Waals surface area contributed by atoms with Crippen LogP contribution >= 0.6 is 0 Å². The van der Waals surface area contributed by atoms with Gasteiger partial charge in [-0.1, -0.05) is 93.6 Å². The summed E-state index contributed by atoms with van der Waals surface area (Å²) in [6, 6.07) is 26.8. The van der Waals surface area contributed by atoms with Crippen molar-refractivity contribution >= 4 is 24.7 Å². The number of fused-ring (bicyclic) bond motifs is 2. The molecule has 5 rings (SSSR count). The SMILES string of the molecule is C=CC[C@@H]1[C@H]2Oc3cccc(OCC(=O)OC)c3O[C@H]2C[C@H]1O[Si](c1ccccc1)(c1ccccc1)C(C)(C)C. The van der Waals surface area contributed by atoms with E-state index in [9.17, 15) is 4.79 Å². The first-order valence-electron chi connectivity index (χ1n) is 13.8. The second-order valence-corrected chi connectivity index (χ2v) is 15.7. The Bertz CT molecular complexity index is 1280. The Morgan fingerprint density at radius 2 is 1.62 bits per heavy atom. The Balaban J connectivity index is 1.51. The molecule has 0 N–H and O–H groups in total. The molecule has 7 heteroatoms. The van der Waals surface area contributed by atoms with Crippen molar-refractivity contribution in [2.24, 2.45) is 5.92 Å². The predicted molar refractivity (Wildman–Crippen MR) is 158 cm³/mol. The van der Waals surface area contributed by atoms with Crippen molar-refractivity contribution < 1.29 is 28.2 Å². The molecule has 0 aromatic heterocycles. The third-order valence-corrected chi connectivity index (χ3v) is 13.0. The van der Waals surface area contributed by atoms with Gasteiger partial charge >= 0.3 is 5.97 Å². The molecule has 0 saturated heterocycles. The molecule has 3 aromatic rings. The predicted octanol–water partition coefficient (Wildman–Crippen LogP) is 5.29. The Morgan fingerprint density at radius 1 is 0.975 bits per heavy atom. The van der Waals surface area contributed by atoms with E-state index in [1.54, 1.807) is 6.07 Å². The lowest BCUT2D eigenvalue weighted by atomic mass is 9.99. The molecule has 0 spiro atoms. The molecule has 2 aliphatic rings. The van der Waals surface area contributed by atoms with Gasteiger partial charge in [0.25, 0.3) is 8.32 Å². The van der Waals surface area contributed by atoms with Crippen molar-refractivity contribution in [1.82, 2.24) is 0 Å². The monoisotopic (exact) mass is 558 g/mol. The number of esters is 1. The largest absolute Gasteiger partial charge is 0.482 e. The number of carbonyl (C=O) groups is 1. The lowest BCUT2D eigenvalue weighted by molar-refractivity contribution is -0.143. The van der Waals surface area contributed by atoms with Crippen molar-refractivity contribution in [2.75, 3.05) is 13.7 Å². The first kappa shape index (κ1) is 28.0. The molecule has 1 saturated carbocycles. The van der Waals surface area contributed by atoms with Crippen LogP contribution in [-0.4, -0.2) is 46.3 Å². The number of methoxy groups -OCH3 is 1. The number of allylic oxidation sites excluding steroid dienone is 1. The number of ether oxygens (including phenoxy) is 4. The van der Waals surface area contributed by atoms with Crippen molar-refractivity contribution in [2.45, 2.75) is 57.0 Å². The maximum atomic E-state index is 11.7. The van der Waals surface area contributed by atoms with Gasteiger partial charge in [-0.15, -0.1) is 6.58 Å². The van der Waals surface area contributed by atoms with E-state index >= 15 is 0 Å². The van der Waals surface area contributed by atoms with Gasteiger partial charge in [-0.05, 0) is 34.0 Å². The zero-order chi connectivity index (χ0) is 28.3. The van der Waals surface area contributed by atoms with Crippen molar-refractivity contribution in [3.63, 3.8) is 0 Å². The fraction of sp³-hybridized carbons (Fsp3) is 0.364. The van der Waals surface area contributed by atoms with E-state index < -0.39 is 14.3 Å². The van der Waals surface area contributed by atoms with E-state index in [0.29, 0.717) is 23.7 Å². The van der Waals surface area contributed by atoms with Gasteiger partial charge in [0, 0.05) is 12.3 Å². The fourth-order valence-corrected chi connectivity index (χ4v) is 10.9. The maximum absolute atomic E-state index is 11.7. The Labute approximate surface area is 238 Å². The Hall–Kier alpha value is -3.55. The van der Waals surface area contributed by atoms with Crippen molar-refractivity contribution in [3.8, 4) is 17.2 Å². The van der Waals surface area contributed by atoms with Crippen LogP contribution < -0.4 is 24.6 Å². The molecule has 4 atom stereocenters. The van der Waals surface area contributed by atoms with Gasteiger partial charge in [-0.25, -0.2) is 4.79 Å². The second kappa shape index (κ2) is 11.5. The molecule has 1 fully saturated rings. The highest BCUT2D eigenvalue weighted by atomic mass is 28.4. The van der Waals surface area contributed by atoms with Crippen LogP contribution in [-0.2, 0) is 14.0 Å². The number of benzene rings is 3. The van der Waals surface area contributed by atoms with Crippen LogP contribution in [0.3, 0.4) is 0 Å². The summed E-state index contributed by atoms with van der Waals surface area (Å²) in [5.41, 5.74) is 0. The molecule has 3 aromatic carbocycles. The molecule has 40 heavy (non-hydrogen) atoms. The zero-order valence-corrected chi connectivity index (χ0v) is 24.7. The first-order valence-corrected chi connectivity index (χ1v) is 15.7. The number of para-hydroxylation sites is 1. The summed E-state index contributed by atoms with van der Waals surface area (Å²) in [6.07, 6.45) is 2.80. The Morgan fingerprint density at radius 3 is 2.20 bits per heavy atom. The molecule has 210 valence electrons. The molecule has 1 heterocycles. The standard InChI is InChI=1S/C33H38O6Si/c1-6-14-25-28(21-29-31(25)37-27-20-13-19-26(32(27)38-29)36-22-30(34)35-5)39-40(33(2,3)4,23-15-9-7-10-16-23)24-17-11-8-12-18-24/h6-13,15-20,25,28-29,31H,1,14,21-22H2,2-5H3/t25-,28+,29-,31+/m0/s1. The van der Waals surface area contributed by atoms with Crippen LogP contribution in [0.4, 0.5) is 0 Å². The summed E-state index contributed by atoms with van der Waals surface area (Å²) in [4.78, 5) is 11.7. The van der Waals surface area contributed by atoms with Gasteiger partial charge in [0.2, 0.25) is 5.75 Å². The summed E-state index contributed by atoms with van der Waals surface area (Å²) in [6.45, 7) is 10.7. The molecule has 6 nitrogen and oxygen atoms in total. The summed E-state index contributed by atoms with van der Waals surface area (Å²) in [5.74, 6) is 1.16. The molecule has 0 radical (unpaired) electrons. The topological polar surface area (TPSA) is 63.2 Å². The van der Waals surface area contributed by atoms with Crippen LogP contribution in [0.2, 0.25) is 5.04 Å². The molecule has 0 amide bonds. The first-order chi connectivity index (χ1) is 19.3. The van der Waals surface area contributed by atoms with Crippen LogP contribution in [0.15, 0.2) is 91.5 Å². The second-order valence-electron chi connectivity index (χ2n) is 11.4. The minimum atomic E-state index is -2.79. The average Bonchev–Trinajstić information content (AvgIpc) is 3.29. The highest BCUT2D eigenvalue weighted by Crippen LogP contribution is 2.49. The van der Waals surface area contributed by atoms with Crippen molar-refractivity contribution in [1.29, 1.82) is 0 Å². The van der Waals surface area contributed by atoms with E-state index in [-0.39, 0.29) is 35.9 Å². The maximum Gasteiger partial charge on any atom is 0.343 e. The third kappa shape index (κ3) is 5.16.